The summed E-state index contributed by atoms with van der Waals surface area (Å²) in [7, 11) is 0. The largest absolute Gasteiger partial charge is 0.504 e. The first-order valence-electron chi connectivity index (χ1n) is 5.43. The predicted molar refractivity (Wildman–Crippen MR) is 66.5 cm³/mol. The lowest BCUT2D eigenvalue weighted by Crippen LogP contribution is -2.08. The lowest BCUT2D eigenvalue weighted by molar-refractivity contribution is 0.0697. The molecule has 0 radical (unpaired) electrons. The summed E-state index contributed by atoms with van der Waals surface area (Å²) in [6, 6.07) is 7.15. The second-order valence-corrected chi connectivity index (χ2v) is 4.05. The third kappa shape index (κ3) is 1.70. The van der Waals surface area contributed by atoms with Crippen molar-refractivity contribution < 1.29 is 24.9 Å². The van der Waals surface area contributed by atoms with Gasteiger partial charge in [0.15, 0.2) is 23.0 Å². The average Bonchev–Trinajstić information content (AvgIpc) is 2.37. The van der Waals surface area contributed by atoms with E-state index in [-0.39, 0.29) is 17.1 Å². The van der Waals surface area contributed by atoms with E-state index in [2.05, 4.69) is 5.32 Å². The molecule has 0 spiro atoms. The van der Waals surface area contributed by atoms with Crippen molar-refractivity contribution in [3.8, 4) is 23.0 Å². The summed E-state index contributed by atoms with van der Waals surface area (Å²) < 4.78 is 5.51. The molecule has 0 amide bonds. The number of aromatic hydroxyl groups is 2. The van der Waals surface area contributed by atoms with E-state index >= 15 is 0 Å². The highest BCUT2D eigenvalue weighted by molar-refractivity contribution is 5.98. The van der Waals surface area contributed by atoms with E-state index in [0.29, 0.717) is 22.9 Å². The zero-order valence-electron chi connectivity index (χ0n) is 9.54. The third-order valence-electron chi connectivity index (χ3n) is 2.81. The highest BCUT2D eigenvalue weighted by Gasteiger charge is 2.23. The Kier molecular flexibility index (Phi) is 2.25. The molecule has 19 heavy (non-hydrogen) atoms. The second-order valence-electron chi connectivity index (χ2n) is 4.05. The van der Waals surface area contributed by atoms with Crippen LogP contribution in [0.1, 0.15) is 10.4 Å². The quantitative estimate of drug-likeness (QED) is 0.396. The number of nitrogens with one attached hydrogen (secondary N) is 1. The number of phenolic OH excluding ortho intramolecular Hbond substituents is 2. The minimum Gasteiger partial charge on any atom is -0.504 e. The first-order chi connectivity index (χ1) is 9.06. The number of hydrogen-bond donors (Lipinski definition) is 4. The number of ether oxygens (including phenoxy) is 1. The van der Waals surface area contributed by atoms with E-state index in [9.17, 15) is 15.0 Å². The molecule has 0 atom stereocenters. The molecule has 1 aliphatic rings. The van der Waals surface area contributed by atoms with E-state index in [4.69, 9.17) is 9.84 Å². The van der Waals surface area contributed by atoms with Gasteiger partial charge in [-0.25, -0.2) is 4.79 Å². The van der Waals surface area contributed by atoms with E-state index in [1.54, 1.807) is 12.1 Å². The van der Waals surface area contributed by atoms with Crippen LogP contribution in [0.3, 0.4) is 0 Å². The number of fused-ring (bicyclic) bond motifs is 2. The predicted octanol–water partition coefficient (Wildman–Crippen LogP) is 2.65. The van der Waals surface area contributed by atoms with Crippen molar-refractivity contribution in [2.45, 2.75) is 0 Å². The molecule has 2 aromatic carbocycles. The number of hydrogen-bond acceptors (Lipinski definition) is 5. The van der Waals surface area contributed by atoms with Crippen LogP contribution in [0.2, 0.25) is 0 Å². The fourth-order valence-corrected chi connectivity index (χ4v) is 1.92. The summed E-state index contributed by atoms with van der Waals surface area (Å²) in [5, 5.41) is 30.8. The number of anilines is 2. The van der Waals surface area contributed by atoms with Gasteiger partial charge >= 0.3 is 5.97 Å². The van der Waals surface area contributed by atoms with Gasteiger partial charge in [-0.15, -0.1) is 0 Å². The van der Waals surface area contributed by atoms with Crippen LogP contribution in [0.5, 0.6) is 23.0 Å². The van der Waals surface area contributed by atoms with Crippen LogP contribution in [0.25, 0.3) is 0 Å². The Morgan fingerprint density at radius 3 is 2.58 bits per heavy atom. The number of para-hydroxylation sites is 1. The van der Waals surface area contributed by atoms with Crippen molar-refractivity contribution in [1.82, 2.24) is 0 Å². The molecule has 96 valence electrons. The van der Waals surface area contributed by atoms with Gasteiger partial charge < -0.3 is 25.4 Å². The van der Waals surface area contributed by atoms with Crippen LogP contribution in [-0.4, -0.2) is 21.3 Å². The molecule has 0 fully saturated rings. The maximum absolute atomic E-state index is 11.1. The lowest BCUT2D eigenvalue weighted by atomic mass is 10.1. The van der Waals surface area contributed by atoms with E-state index in [1.165, 1.54) is 18.2 Å². The van der Waals surface area contributed by atoms with Gasteiger partial charge in [0.1, 0.15) is 0 Å². The second kappa shape index (κ2) is 3.81. The molecule has 0 unspecified atom stereocenters. The summed E-state index contributed by atoms with van der Waals surface area (Å²) in [6.07, 6.45) is 0. The maximum Gasteiger partial charge on any atom is 0.337 e. The normalized spacial score (nSPS) is 11.8. The molecule has 6 heteroatoms. The van der Waals surface area contributed by atoms with Crippen molar-refractivity contribution in [3.63, 3.8) is 0 Å². The SMILES string of the molecule is O=C(O)c1cccc2c1Nc1cc(O)c(O)cc1O2. The number of carboxylic acid groups (broad SMARTS) is 1. The smallest absolute Gasteiger partial charge is 0.337 e. The molecule has 0 bridgehead atoms. The Morgan fingerprint density at radius 2 is 1.84 bits per heavy atom. The Balaban J connectivity index is 2.14. The van der Waals surface area contributed by atoms with Crippen molar-refractivity contribution in [3.05, 3.63) is 35.9 Å². The molecule has 0 aromatic heterocycles. The van der Waals surface area contributed by atoms with Gasteiger partial charge in [0, 0.05) is 12.1 Å². The van der Waals surface area contributed by atoms with Crippen LogP contribution in [0.4, 0.5) is 11.4 Å². The zero-order valence-corrected chi connectivity index (χ0v) is 9.54. The first-order valence-corrected chi connectivity index (χ1v) is 5.43. The molecule has 1 aliphatic heterocycles. The van der Waals surface area contributed by atoms with Gasteiger partial charge in [-0.2, -0.15) is 0 Å². The first kappa shape index (κ1) is 11.2. The maximum atomic E-state index is 11.1. The Hall–Kier alpha value is -2.89. The highest BCUT2D eigenvalue weighted by Crippen LogP contribution is 2.47. The molecule has 2 aromatic rings. The average molecular weight is 259 g/mol. The summed E-state index contributed by atoms with van der Waals surface area (Å²) in [4.78, 5) is 11.1. The number of phenols is 2. The van der Waals surface area contributed by atoms with E-state index in [1.807, 2.05) is 0 Å². The number of rotatable bonds is 1. The number of benzene rings is 2. The highest BCUT2D eigenvalue weighted by atomic mass is 16.5. The van der Waals surface area contributed by atoms with E-state index < -0.39 is 5.97 Å². The molecule has 0 saturated heterocycles. The van der Waals surface area contributed by atoms with Crippen molar-refractivity contribution in [1.29, 1.82) is 0 Å². The van der Waals surface area contributed by atoms with Crippen LogP contribution in [0.15, 0.2) is 30.3 Å². The number of carbonyl (C=O) groups is 1. The molecule has 6 nitrogen and oxygen atoms in total. The van der Waals surface area contributed by atoms with E-state index in [0.717, 1.165) is 0 Å². The van der Waals surface area contributed by atoms with Crippen LogP contribution in [0, 0.1) is 0 Å². The fourth-order valence-electron chi connectivity index (χ4n) is 1.92. The van der Waals surface area contributed by atoms with Crippen molar-refractivity contribution in [2.75, 3.05) is 5.32 Å². The Bertz CT molecular complexity index is 696. The molecule has 0 saturated carbocycles. The summed E-state index contributed by atoms with van der Waals surface area (Å²) >= 11 is 0. The summed E-state index contributed by atoms with van der Waals surface area (Å²) in [5.41, 5.74) is 0.764. The van der Waals surface area contributed by atoms with Gasteiger partial charge in [-0.3, -0.25) is 0 Å². The molecule has 4 N–H and O–H groups in total. The fraction of sp³-hybridized carbons (Fsp3) is 0. The van der Waals surface area contributed by atoms with Gasteiger partial charge in [-0.1, -0.05) is 6.07 Å². The van der Waals surface area contributed by atoms with Gasteiger partial charge in [0.05, 0.1) is 16.9 Å². The zero-order chi connectivity index (χ0) is 13.6. The Labute approximate surface area is 107 Å². The van der Waals surface area contributed by atoms with Crippen LogP contribution < -0.4 is 10.1 Å². The summed E-state index contributed by atoms with van der Waals surface area (Å²) in [6.45, 7) is 0. The van der Waals surface area contributed by atoms with Crippen LogP contribution in [-0.2, 0) is 0 Å². The number of aromatic carboxylic acids is 1. The summed E-state index contributed by atoms with van der Waals surface area (Å²) in [5.74, 6) is -1.05. The molecular formula is C13H9NO5. The van der Waals surface area contributed by atoms with Gasteiger partial charge in [-0.05, 0) is 12.1 Å². The monoisotopic (exact) mass is 259 g/mol. The van der Waals surface area contributed by atoms with Crippen molar-refractivity contribution >= 4 is 17.3 Å². The van der Waals surface area contributed by atoms with Gasteiger partial charge in [0.2, 0.25) is 0 Å². The Morgan fingerprint density at radius 1 is 1.11 bits per heavy atom. The number of carboxylic acids is 1. The topological polar surface area (TPSA) is 99.0 Å². The standard InChI is InChI=1S/C13H9NO5/c15-8-4-7-11(5-9(8)16)19-10-3-1-2-6(13(17)18)12(10)14-7/h1-5,14-16H,(H,17,18). The van der Waals surface area contributed by atoms with Crippen molar-refractivity contribution in [2.24, 2.45) is 0 Å². The minimum atomic E-state index is -1.08. The van der Waals surface area contributed by atoms with Crippen LogP contribution >= 0.6 is 0 Å². The molecule has 0 aliphatic carbocycles. The molecular weight excluding hydrogens is 250 g/mol. The molecule has 3 rings (SSSR count). The third-order valence-corrected chi connectivity index (χ3v) is 2.81. The van der Waals surface area contributed by atoms with Gasteiger partial charge in [0.25, 0.3) is 0 Å². The minimum absolute atomic E-state index is 0.0655. The lowest BCUT2D eigenvalue weighted by Gasteiger charge is -2.23. The molecule has 1 heterocycles.